The lowest BCUT2D eigenvalue weighted by Crippen LogP contribution is -2.55. The Labute approximate surface area is 127 Å². The molecule has 3 aliphatic heterocycles. The van der Waals surface area contributed by atoms with Crippen molar-refractivity contribution in [3.05, 3.63) is 23.3 Å². The van der Waals surface area contributed by atoms with Crippen LogP contribution in [0.3, 0.4) is 0 Å². The van der Waals surface area contributed by atoms with Crippen molar-refractivity contribution in [2.45, 2.75) is 37.0 Å². The number of ether oxygens (including phenoxy) is 2. The maximum atomic E-state index is 12.8. The summed E-state index contributed by atoms with van der Waals surface area (Å²) in [7, 11) is 0. The quantitative estimate of drug-likeness (QED) is 0.728. The molecule has 3 heterocycles. The van der Waals surface area contributed by atoms with E-state index in [0.717, 1.165) is 12.0 Å². The highest BCUT2D eigenvalue weighted by Gasteiger charge is 2.54. The van der Waals surface area contributed by atoms with Crippen LogP contribution in [0.15, 0.2) is 12.1 Å². The standard InChI is InChI=1S/C16H17NO5/c18-10-3-7-1-2-17-14(7)13(15(10)19)8-4-11-12(22-6-21-11)5-9(8)16(17)20/h4-5,7,10,13-15,18-19H,1-3,6H2/t7-,10+,13+,14-,15-/m1/s1. The molecule has 2 fully saturated rings. The Morgan fingerprint density at radius 2 is 1.95 bits per heavy atom. The fraction of sp³-hybridized carbons (Fsp3) is 0.562. The molecule has 1 saturated carbocycles. The van der Waals surface area contributed by atoms with Gasteiger partial charge in [0.15, 0.2) is 11.5 Å². The summed E-state index contributed by atoms with van der Waals surface area (Å²) in [6.45, 7) is 0.843. The molecule has 0 spiro atoms. The van der Waals surface area contributed by atoms with Crippen molar-refractivity contribution in [2.75, 3.05) is 13.3 Å². The van der Waals surface area contributed by atoms with Gasteiger partial charge in [0.25, 0.3) is 5.91 Å². The van der Waals surface area contributed by atoms with Crippen molar-refractivity contribution >= 4 is 5.91 Å². The third kappa shape index (κ3) is 1.44. The maximum Gasteiger partial charge on any atom is 0.254 e. The first kappa shape index (κ1) is 12.7. The van der Waals surface area contributed by atoms with Crippen LogP contribution in [0, 0.1) is 5.92 Å². The van der Waals surface area contributed by atoms with Gasteiger partial charge in [-0.15, -0.1) is 0 Å². The van der Waals surface area contributed by atoms with Gasteiger partial charge in [0.2, 0.25) is 6.79 Å². The van der Waals surface area contributed by atoms with Gasteiger partial charge in [-0.2, -0.15) is 0 Å². The molecule has 1 amide bonds. The van der Waals surface area contributed by atoms with Gasteiger partial charge in [0.1, 0.15) is 0 Å². The number of carbonyl (C=O) groups is 1. The average molecular weight is 303 g/mol. The Morgan fingerprint density at radius 1 is 1.18 bits per heavy atom. The maximum absolute atomic E-state index is 12.8. The lowest BCUT2D eigenvalue weighted by molar-refractivity contribution is -0.0598. The molecular weight excluding hydrogens is 286 g/mol. The summed E-state index contributed by atoms with van der Waals surface area (Å²) >= 11 is 0. The van der Waals surface area contributed by atoms with Gasteiger partial charge in [-0.1, -0.05) is 0 Å². The summed E-state index contributed by atoms with van der Waals surface area (Å²) < 4.78 is 10.8. The number of benzene rings is 1. The first-order valence-electron chi connectivity index (χ1n) is 7.76. The zero-order valence-corrected chi connectivity index (χ0v) is 11.9. The van der Waals surface area contributed by atoms with E-state index in [1.807, 2.05) is 11.0 Å². The summed E-state index contributed by atoms with van der Waals surface area (Å²) in [5.74, 6) is 1.19. The Morgan fingerprint density at radius 3 is 2.77 bits per heavy atom. The molecule has 22 heavy (non-hydrogen) atoms. The van der Waals surface area contributed by atoms with E-state index in [0.29, 0.717) is 30.0 Å². The van der Waals surface area contributed by atoms with Gasteiger partial charge in [-0.3, -0.25) is 4.79 Å². The van der Waals surface area contributed by atoms with Gasteiger partial charge in [-0.05, 0) is 36.5 Å². The van der Waals surface area contributed by atoms with E-state index in [2.05, 4.69) is 0 Å². The number of hydrogen-bond acceptors (Lipinski definition) is 5. The van der Waals surface area contributed by atoms with Crippen LogP contribution in [-0.4, -0.2) is 52.6 Å². The number of hydrogen-bond donors (Lipinski definition) is 2. The molecule has 5 atom stereocenters. The van der Waals surface area contributed by atoms with Crippen LogP contribution in [0.5, 0.6) is 11.5 Å². The van der Waals surface area contributed by atoms with E-state index in [1.54, 1.807) is 6.07 Å². The topological polar surface area (TPSA) is 79.2 Å². The largest absolute Gasteiger partial charge is 0.454 e. The Bertz CT molecular complexity index is 675. The van der Waals surface area contributed by atoms with E-state index in [1.165, 1.54) is 0 Å². The monoisotopic (exact) mass is 303 g/mol. The van der Waals surface area contributed by atoms with E-state index >= 15 is 0 Å². The second-order valence-electron chi connectivity index (χ2n) is 6.65. The third-order valence-corrected chi connectivity index (χ3v) is 5.65. The molecule has 1 aromatic carbocycles. The second-order valence-corrected chi connectivity index (χ2v) is 6.65. The fourth-order valence-electron chi connectivity index (χ4n) is 4.69. The van der Waals surface area contributed by atoms with Crippen molar-refractivity contribution in [3.8, 4) is 11.5 Å². The zero-order chi connectivity index (χ0) is 15.0. The third-order valence-electron chi connectivity index (χ3n) is 5.65. The van der Waals surface area contributed by atoms with Gasteiger partial charge in [-0.25, -0.2) is 0 Å². The molecule has 4 aliphatic rings. The Balaban J connectivity index is 1.72. The van der Waals surface area contributed by atoms with Crippen LogP contribution >= 0.6 is 0 Å². The highest BCUT2D eigenvalue weighted by atomic mass is 16.7. The van der Waals surface area contributed by atoms with E-state index in [9.17, 15) is 15.0 Å². The van der Waals surface area contributed by atoms with E-state index in [-0.39, 0.29) is 30.6 Å². The number of nitrogens with zero attached hydrogens (tertiary/aromatic N) is 1. The van der Waals surface area contributed by atoms with Crippen molar-refractivity contribution in [1.29, 1.82) is 0 Å². The summed E-state index contributed by atoms with van der Waals surface area (Å²) in [5, 5.41) is 20.8. The average Bonchev–Trinajstić information content (AvgIpc) is 3.12. The normalized spacial score (nSPS) is 38.0. The summed E-state index contributed by atoms with van der Waals surface area (Å²) in [5.41, 5.74) is 1.35. The molecule has 6 heteroatoms. The Hall–Kier alpha value is -1.79. The lowest BCUT2D eigenvalue weighted by Gasteiger charge is -2.47. The molecule has 116 valence electrons. The minimum Gasteiger partial charge on any atom is -0.454 e. The summed E-state index contributed by atoms with van der Waals surface area (Å²) in [6.07, 6.45) is -0.143. The molecule has 0 radical (unpaired) electrons. The molecule has 0 bridgehead atoms. The van der Waals surface area contributed by atoms with Gasteiger partial charge in [0, 0.05) is 24.1 Å². The highest BCUT2D eigenvalue weighted by molar-refractivity contribution is 5.98. The molecule has 6 nitrogen and oxygen atoms in total. The molecule has 1 saturated heterocycles. The molecule has 1 aliphatic carbocycles. The second kappa shape index (κ2) is 4.14. The molecular formula is C16H17NO5. The molecule has 0 unspecified atom stereocenters. The van der Waals surface area contributed by atoms with Crippen molar-refractivity contribution in [2.24, 2.45) is 5.92 Å². The van der Waals surface area contributed by atoms with Crippen LogP contribution in [0.1, 0.15) is 34.7 Å². The number of aliphatic hydroxyl groups excluding tert-OH is 2. The lowest BCUT2D eigenvalue weighted by atomic mass is 9.68. The van der Waals surface area contributed by atoms with Crippen molar-refractivity contribution in [3.63, 3.8) is 0 Å². The zero-order valence-electron chi connectivity index (χ0n) is 11.9. The van der Waals surface area contributed by atoms with Crippen LogP contribution in [-0.2, 0) is 0 Å². The Kier molecular flexibility index (Phi) is 2.40. The minimum atomic E-state index is -0.853. The smallest absolute Gasteiger partial charge is 0.254 e. The first-order chi connectivity index (χ1) is 10.6. The molecule has 1 aromatic rings. The van der Waals surface area contributed by atoms with Crippen LogP contribution < -0.4 is 9.47 Å². The summed E-state index contributed by atoms with van der Waals surface area (Å²) in [4.78, 5) is 14.7. The van der Waals surface area contributed by atoms with Crippen LogP contribution in [0.2, 0.25) is 0 Å². The predicted molar refractivity (Wildman–Crippen MR) is 74.9 cm³/mol. The molecule has 2 N–H and O–H groups in total. The molecule has 0 aromatic heterocycles. The molecule has 5 rings (SSSR count). The number of rotatable bonds is 0. The number of carbonyl (C=O) groups excluding carboxylic acids is 1. The van der Waals surface area contributed by atoms with Gasteiger partial charge in [0.05, 0.1) is 12.2 Å². The van der Waals surface area contributed by atoms with Gasteiger partial charge >= 0.3 is 0 Å². The van der Waals surface area contributed by atoms with Crippen LogP contribution in [0.25, 0.3) is 0 Å². The minimum absolute atomic E-state index is 0.000592. The first-order valence-corrected chi connectivity index (χ1v) is 7.76. The number of fused-ring (bicyclic) bond motifs is 3. The SMILES string of the molecule is O=C1c2cc3c(cc2[C@@H]2[C@H](O)[C@@H](O)C[C@H]4CCN1[C@H]42)OCO3. The van der Waals surface area contributed by atoms with E-state index < -0.39 is 12.2 Å². The number of amides is 1. The fourth-order valence-corrected chi connectivity index (χ4v) is 4.69. The van der Waals surface area contributed by atoms with Gasteiger partial charge < -0.3 is 24.6 Å². The van der Waals surface area contributed by atoms with Crippen molar-refractivity contribution in [1.82, 2.24) is 4.90 Å². The van der Waals surface area contributed by atoms with Crippen molar-refractivity contribution < 1.29 is 24.5 Å². The summed E-state index contributed by atoms with van der Waals surface area (Å²) in [6, 6.07) is 3.52. The van der Waals surface area contributed by atoms with E-state index in [4.69, 9.17) is 9.47 Å². The highest BCUT2D eigenvalue weighted by Crippen LogP contribution is 2.51. The van der Waals surface area contributed by atoms with Crippen LogP contribution in [0.4, 0.5) is 0 Å². The predicted octanol–water partition coefficient (Wildman–Crippen LogP) is 0.469. The number of aliphatic hydroxyl groups is 2.